The van der Waals surface area contributed by atoms with Crippen molar-refractivity contribution in [1.29, 1.82) is 0 Å². The van der Waals surface area contributed by atoms with Crippen molar-refractivity contribution < 1.29 is 36.0 Å². The summed E-state index contributed by atoms with van der Waals surface area (Å²) >= 11 is 0. The van der Waals surface area contributed by atoms with Crippen molar-refractivity contribution in [3.05, 3.63) is 58.6 Å². The lowest BCUT2D eigenvalue weighted by Gasteiger charge is -2.14. The minimum absolute atomic E-state index is 0.0970. The van der Waals surface area contributed by atoms with Crippen LogP contribution < -0.4 is 5.32 Å². The summed E-state index contributed by atoms with van der Waals surface area (Å²) < 4.78 is 64.9. The van der Waals surface area contributed by atoms with Crippen LogP contribution in [0.2, 0.25) is 0 Å². The molecule has 0 amide bonds. The van der Waals surface area contributed by atoms with Gasteiger partial charge < -0.3 is 10.4 Å². The maximum atomic E-state index is 11.7. The molecule has 0 bridgehead atoms. The quantitative estimate of drug-likeness (QED) is 0.261. The summed E-state index contributed by atoms with van der Waals surface area (Å²) in [5.41, 5.74) is -0.711. The molecular weight excluding hydrogens is 428 g/mol. The Morgan fingerprint density at radius 1 is 0.862 bits per heavy atom. The van der Waals surface area contributed by atoms with Crippen molar-refractivity contribution in [3.63, 3.8) is 0 Å². The van der Waals surface area contributed by atoms with Crippen molar-refractivity contribution in [3.8, 4) is 5.75 Å². The Hall–Kier alpha value is -3.26. The summed E-state index contributed by atoms with van der Waals surface area (Å²) in [6.07, 6.45) is 0. The minimum atomic E-state index is -4.85. The lowest BCUT2D eigenvalue weighted by Crippen LogP contribution is -2.05. The highest BCUT2D eigenvalue weighted by molar-refractivity contribution is 7.86. The molecule has 0 saturated carbocycles. The molecule has 0 spiro atoms. The van der Waals surface area contributed by atoms with E-state index in [1.165, 1.54) is 18.2 Å². The van der Waals surface area contributed by atoms with Crippen LogP contribution in [0.25, 0.3) is 10.8 Å². The van der Waals surface area contributed by atoms with E-state index >= 15 is 0 Å². The molecule has 3 rings (SSSR count). The third-order valence-corrected chi connectivity index (χ3v) is 5.69. The normalized spacial score (nSPS) is 12.1. The maximum Gasteiger partial charge on any atom is 0.296 e. The first-order chi connectivity index (χ1) is 13.4. The summed E-state index contributed by atoms with van der Waals surface area (Å²) in [7, 11) is -9.51. The fraction of sp³-hybridized carbons (Fsp3) is 0. The highest BCUT2D eigenvalue weighted by Crippen LogP contribution is 2.36. The maximum absolute atomic E-state index is 11.7. The fourth-order valence-corrected chi connectivity index (χ4v) is 3.88. The summed E-state index contributed by atoms with van der Waals surface area (Å²) in [5.74, 6) is -0.461. The summed E-state index contributed by atoms with van der Waals surface area (Å²) in [4.78, 5) is 8.67. The lowest BCUT2D eigenvalue weighted by atomic mass is 10.1. The van der Waals surface area contributed by atoms with Crippen molar-refractivity contribution in [2.75, 3.05) is 5.32 Å². The molecule has 0 radical (unpaired) electrons. The minimum Gasteiger partial charge on any atom is -0.507 e. The van der Waals surface area contributed by atoms with Crippen LogP contribution in [0.5, 0.6) is 5.75 Å². The van der Waals surface area contributed by atoms with Gasteiger partial charge in [0.2, 0.25) is 0 Å². The molecule has 0 aliphatic carbocycles. The van der Waals surface area contributed by atoms with Gasteiger partial charge in [-0.25, -0.2) is 0 Å². The molecule has 0 aromatic heterocycles. The number of hydrogen-bond donors (Lipinski definition) is 4. The zero-order valence-electron chi connectivity index (χ0n) is 14.2. The first-order valence-electron chi connectivity index (χ1n) is 7.64. The number of nitro groups is 1. The van der Waals surface area contributed by atoms with Gasteiger partial charge in [0.05, 0.1) is 15.5 Å². The molecule has 3 aromatic rings. The number of fused-ring (bicyclic) bond motifs is 1. The molecule has 3 aromatic carbocycles. The van der Waals surface area contributed by atoms with Crippen LogP contribution in [0.4, 0.5) is 17.1 Å². The first-order valence-corrected chi connectivity index (χ1v) is 10.5. The number of hydrogen-bond acceptors (Lipinski definition) is 8. The highest BCUT2D eigenvalue weighted by atomic mass is 32.2. The predicted molar refractivity (Wildman–Crippen MR) is 102 cm³/mol. The van der Waals surface area contributed by atoms with Gasteiger partial charge in [-0.1, -0.05) is 12.1 Å². The Morgan fingerprint density at radius 2 is 1.55 bits per heavy atom. The average Bonchev–Trinajstić information content (AvgIpc) is 2.60. The van der Waals surface area contributed by atoms with E-state index in [1.54, 1.807) is 0 Å². The molecule has 152 valence electrons. The zero-order chi connectivity index (χ0) is 21.6. The molecule has 0 aliphatic heterocycles. The smallest absolute Gasteiger partial charge is 0.296 e. The van der Waals surface area contributed by atoms with Gasteiger partial charge in [0.25, 0.3) is 25.9 Å². The summed E-state index contributed by atoms with van der Waals surface area (Å²) in [6.45, 7) is 0. The van der Waals surface area contributed by atoms with Crippen LogP contribution in [0.15, 0.2) is 58.3 Å². The second kappa shape index (κ2) is 6.97. The van der Waals surface area contributed by atoms with Gasteiger partial charge in [-0.15, -0.1) is 0 Å². The second-order valence-electron chi connectivity index (χ2n) is 5.86. The van der Waals surface area contributed by atoms with Crippen molar-refractivity contribution >= 4 is 48.1 Å². The standard InChI is InChI=1S/C16H12N2O9S2/c19-15-8-10(28(22,23)24)7-12-11(15)2-1-3-13(12)17-14-5-4-9(18(20)21)6-16(14)29(25,26)27/h1-8,17,19H,(H,22,23,24)(H,25,26,27). The van der Waals surface area contributed by atoms with Gasteiger partial charge in [0.1, 0.15) is 10.6 Å². The van der Waals surface area contributed by atoms with E-state index in [9.17, 15) is 41.2 Å². The Kier molecular flexibility index (Phi) is 4.92. The van der Waals surface area contributed by atoms with E-state index in [2.05, 4.69) is 5.32 Å². The fourth-order valence-electron chi connectivity index (χ4n) is 2.68. The third-order valence-electron chi connectivity index (χ3n) is 3.97. The van der Waals surface area contributed by atoms with Crippen LogP contribution in [0.1, 0.15) is 0 Å². The molecule has 0 unspecified atom stereocenters. The van der Waals surface area contributed by atoms with Crippen LogP contribution >= 0.6 is 0 Å². The molecular formula is C16H12N2O9S2. The van der Waals surface area contributed by atoms with Crippen LogP contribution in [0, 0.1) is 10.1 Å². The van der Waals surface area contributed by atoms with Gasteiger partial charge >= 0.3 is 0 Å². The van der Waals surface area contributed by atoms with Crippen LogP contribution in [-0.2, 0) is 20.2 Å². The van der Waals surface area contributed by atoms with Crippen molar-refractivity contribution in [2.45, 2.75) is 9.79 Å². The molecule has 0 saturated heterocycles. The second-order valence-corrected chi connectivity index (χ2v) is 8.67. The van der Waals surface area contributed by atoms with Gasteiger partial charge in [-0.05, 0) is 18.2 Å². The van der Waals surface area contributed by atoms with E-state index in [-0.39, 0.29) is 22.1 Å². The molecule has 11 nitrogen and oxygen atoms in total. The SMILES string of the molecule is O=[N+]([O-])c1ccc(Nc2cccc3c(O)cc(S(=O)(=O)O)cc23)c(S(=O)(=O)O)c1. The first kappa shape index (κ1) is 20.5. The van der Waals surface area contributed by atoms with Gasteiger partial charge in [0.15, 0.2) is 0 Å². The number of nitrogens with one attached hydrogen (secondary N) is 1. The number of benzene rings is 3. The van der Waals surface area contributed by atoms with Crippen LogP contribution in [0.3, 0.4) is 0 Å². The number of phenolic OH excluding ortho intramolecular Hbond substituents is 1. The monoisotopic (exact) mass is 440 g/mol. The number of phenols is 1. The van der Waals surface area contributed by atoms with E-state index < -0.39 is 46.4 Å². The number of aromatic hydroxyl groups is 1. The summed E-state index contributed by atoms with van der Waals surface area (Å²) in [6, 6.07) is 8.92. The molecule has 4 N–H and O–H groups in total. The van der Waals surface area contributed by atoms with Gasteiger partial charge in [-0.2, -0.15) is 16.8 Å². The number of rotatable bonds is 5. The number of nitro benzene ring substituents is 1. The van der Waals surface area contributed by atoms with Gasteiger partial charge in [0, 0.05) is 34.7 Å². The molecule has 29 heavy (non-hydrogen) atoms. The van der Waals surface area contributed by atoms with E-state index in [0.717, 1.165) is 24.3 Å². The van der Waals surface area contributed by atoms with E-state index in [4.69, 9.17) is 0 Å². The highest BCUT2D eigenvalue weighted by Gasteiger charge is 2.21. The number of nitrogens with zero attached hydrogens (tertiary/aromatic N) is 1. The number of non-ortho nitro benzene ring substituents is 1. The largest absolute Gasteiger partial charge is 0.507 e. The Labute approximate surface area is 163 Å². The number of anilines is 2. The van der Waals surface area contributed by atoms with Gasteiger partial charge in [-0.3, -0.25) is 19.2 Å². The molecule has 0 fully saturated rings. The Morgan fingerprint density at radius 3 is 2.14 bits per heavy atom. The predicted octanol–water partition coefficient (Wildman–Crippen LogP) is 2.69. The third kappa shape index (κ3) is 4.12. The molecule has 0 heterocycles. The molecule has 0 aliphatic rings. The zero-order valence-corrected chi connectivity index (χ0v) is 15.8. The average molecular weight is 440 g/mol. The topological polar surface area (TPSA) is 184 Å². The summed E-state index contributed by atoms with van der Waals surface area (Å²) in [5, 5.41) is 23.9. The van der Waals surface area contributed by atoms with E-state index in [0.29, 0.717) is 6.07 Å². The van der Waals surface area contributed by atoms with Crippen LogP contribution in [-0.4, -0.2) is 36.0 Å². The lowest BCUT2D eigenvalue weighted by molar-refractivity contribution is -0.385. The van der Waals surface area contributed by atoms with Crippen molar-refractivity contribution in [1.82, 2.24) is 0 Å². The Bertz CT molecular complexity index is 1370. The van der Waals surface area contributed by atoms with Crippen molar-refractivity contribution in [2.24, 2.45) is 0 Å². The molecule has 0 atom stereocenters. The molecule has 13 heteroatoms. The Balaban J connectivity index is 2.24. The van der Waals surface area contributed by atoms with E-state index in [1.807, 2.05) is 0 Å².